The van der Waals surface area contributed by atoms with Gasteiger partial charge in [-0.1, -0.05) is 15.9 Å². The van der Waals surface area contributed by atoms with Crippen molar-refractivity contribution in [3.8, 4) is 5.75 Å². The molecule has 20 heavy (non-hydrogen) atoms. The Hall–Kier alpha value is -1.63. The molecule has 6 nitrogen and oxygen atoms in total. The maximum Gasteiger partial charge on any atom is 0.347 e. The van der Waals surface area contributed by atoms with Gasteiger partial charge < -0.3 is 9.47 Å². The number of carbonyl (C=O) groups is 1. The summed E-state index contributed by atoms with van der Waals surface area (Å²) < 4.78 is 11.0. The van der Waals surface area contributed by atoms with Crippen LogP contribution in [0.3, 0.4) is 0 Å². The second-order valence-corrected chi connectivity index (χ2v) is 6.08. The fraction of sp³-hybridized carbons (Fsp3) is 0.462. The summed E-state index contributed by atoms with van der Waals surface area (Å²) in [5, 5.41) is 10.9. The van der Waals surface area contributed by atoms with Crippen LogP contribution in [0.15, 0.2) is 22.7 Å². The summed E-state index contributed by atoms with van der Waals surface area (Å²) in [6, 6.07) is 4.35. The van der Waals surface area contributed by atoms with Crippen molar-refractivity contribution in [3.05, 3.63) is 32.8 Å². The highest BCUT2D eigenvalue weighted by Crippen LogP contribution is 2.31. The Labute approximate surface area is 125 Å². The van der Waals surface area contributed by atoms with Crippen molar-refractivity contribution in [1.82, 2.24) is 0 Å². The van der Waals surface area contributed by atoms with Crippen molar-refractivity contribution >= 4 is 27.6 Å². The number of hydrogen-bond acceptors (Lipinski definition) is 5. The van der Waals surface area contributed by atoms with Crippen LogP contribution in [0.2, 0.25) is 0 Å². The topological polar surface area (TPSA) is 78.7 Å². The lowest BCUT2D eigenvalue weighted by Gasteiger charge is -2.22. The molecule has 1 atom stereocenters. The Morgan fingerprint density at radius 3 is 2.50 bits per heavy atom. The minimum absolute atomic E-state index is 0.0246. The molecule has 110 valence electrons. The van der Waals surface area contributed by atoms with Gasteiger partial charge in [-0.25, -0.2) is 4.79 Å². The van der Waals surface area contributed by atoms with E-state index in [-0.39, 0.29) is 11.4 Å². The number of rotatable bonds is 4. The normalized spacial score (nSPS) is 12.7. The van der Waals surface area contributed by atoms with Crippen LogP contribution in [0.25, 0.3) is 0 Å². The third-order valence-electron chi connectivity index (χ3n) is 2.16. The Bertz CT molecular complexity index is 524. The number of ether oxygens (including phenoxy) is 2. The molecular formula is C13H16BrNO5. The molecule has 0 saturated heterocycles. The fourth-order valence-corrected chi connectivity index (χ4v) is 1.71. The molecule has 7 heteroatoms. The van der Waals surface area contributed by atoms with Gasteiger partial charge in [0.2, 0.25) is 0 Å². The zero-order valence-corrected chi connectivity index (χ0v) is 13.3. The predicted molar refractivity (Wildman–Crippen MR) is 76.7 cm³/mol. The van der Waals surface area contributed by atoms with Crippen molar-refractivity contribution < 1.29 is 19.2 Å². The van der Waals surface area contributed by atoms with E-state index in [1.54, 1.807) is 26.8 Å². The lowest BCUT2D eigenvalue weighted by molar-refractivity contribution is -0.386. The third kappa shape index (κ3) is 4.80. The SMILES string of the molecule is CC(Oc1ccc(Br)cc1[N+](=O)[O-])C(=O)OC(C)(C)C. The molecule has 0 aliphatic carbocycles. The van der Waals surface area contributed by atoms with Gasteiger partial charge >= 0.3 is 11.7 Å². The van der Waals surface area contributed by atoms with E-state index in [9.17, 15) is 14.9 Å². The van der Waals surface area contributed by atoms with Gasteiger partial charge in [0.1, 0.15) is 5.60 Å². The van der Waals surface area contributed by atoms with Crippen LogP contribution >= 0.6 is 15.9 Å². The summed E-state index contributed by atoms with van der Waals surface area (Å²) in [6.07, 6.45) is -0.936. The highest BCUT2D eigenvalue weighted by molar-refractivity contribution is 9.10. The average molecular weight is 346 g/mol. The van der Waals surface area contributed by atoms with Crippen molar-refractivity contribution in [3.63, 3.8) is 0 Å². The average Bonchev–Trinajstić information content (AvgIpc) is 2.28. The quantitative estimate of drug-likeness (QED) is 0.474. The van der Waals surface area contributed by atoms with Crippen molar-refractivity contribution in [1.29, 1.82) is 0 Å². The van der Waals surface area contributed by atoms with Gasteiger partial charge in [-0.15, -0.1) is 0 Å². The van der Waals surface area contributed by atoms with Crippen molar-refractivity contribution in [2.45, 2.75) is 39.4 Å². The van der Waals surface area contributed by atoms with Crippen LogP contribution in [-0.2, 0) is 9.53 Å². The second kappa shape index (κ2) is 6.21. The van der Waals surface area contributed by atoms with E-state index in [0.717, 1.165) is 0 Å². The van der Waals surface area contributed by atoms with Crippen LogP contribution in [-0.4, -0.2) is 22.6 Å². The second-order valence-electron chi connectivity index (χ2n) is 5.16. The number of nitro groups is 1. The molecule has 1 aromatic rings. The molecule has 1 rings (SSSR count). The molecule has 0 amide bonds. The molecule has 0 N–H and O–H groups in total. The van der Waals surface area contributed by atoms with Gasteiger partial charge in [0.05, 0.1) is 4.92 Å². The fourth-order valence-electron chi connectivity index (χ4n) is 1.36. The van der Waals surface area contributed by atoms with Gasteiger partial charge in [0.25, 0.3) is 0 Å². The molecule has 0 bridgehead atoms. The van der Waals surface area contributed by atoms with E-state index in [1.807, 2.05) is 0 Å². The van der Waals surface area contributed by atoms with E-state index in [2.05, 4.69) is 15.9 Å². The largest absolute Gasteiger partial charge is 0.472 e. The summed E-state index contributed by atoms with van der Waals surface area (Å²) in [6.45, 7) is 6.69. The number of hydrogen-bond donors (Lipinski definition) is 0. The molecule has 1 unspecified atom stereocenters. The number of nitro benzene ring substituents is 1. The highest BCUT2D eigenvalue weighted by atomic mass is 79.9. The molecule has 0 aromatic heterocycles. The monoisotopic (exact) mass is 345 g/mol. The minimum atomic E-state index is -0.936. The minimum Gasteiger partial charge on any atom is -0.472 e. The van der Waals surface area contributed by atoms with Crippen LogP contribution < -0.4 is 4.74 Å². The van der Waals surface area contributed by atoms with E-state index in [0.29, 0.717) is 4.47 Å². The Morgan fingerprint density at radius 1 is 1.40 bits per heavy atom. The van der Waals surface area contributed by atoms with E-state index < -0.39 is 22.6 Å². The summed E-state index contributed by atoms with van der Waals surface area (Å²) >= 11 is 3.15. The first-order valence-corrected chi connectivity index (χ1v) is 6.73. The van der Waals surface area contributed by atoms with Crippen LogP contribution in [0.5, 0.6) is 5.75 Å². The van der Waals surface area contributed by atoms with Crippen LogP contribution in [0, 0.1) is 10.1 Å². The number of carbonyl (C=O) groups excluding carboxylic acids is 1. The molecule has 0 spiro atoms. The van der Waals surface area contributed by atoms with Crippen LogP contribution in [0.1, 0.15) is 27.7 Å². The number of nitrogens with zero attached hydrogens (tertiary/aromatic N) is 1. The maximum absolute atomic E-state index is 11.8. The third-order valence-corrected chi connectivity index (χ3v) is 2.65. The summed E-state index contributed by atoms with van der Waals surface area (Å²) in [7, 11) is 0. The molecular weight excluding hydrogens is 330 g/mol. The number of esters is 1. The summed E-state index contributed by atoms with van der Waals surface area (Å²) in [5.41, 5.74) is -0.852. The first kappa shape index (κ1) is 16.4. The van der Waals surface area contributed by atoms with E-state index in [4.69, 9.17) is 9.47 Å². The first-order chi connectivity index (χ1) is 9.10. The number of halogens is 1. The van der Waals surface area contributed by atoms with Crippen LogP contribution in [0.4, 0.5) is 5.69 Å². The van der Waals surface area contributed by atoms with Gasteiger partial charge in [-0.05, 0) is 39.8 Å². The van der Waals surface area contributed by atoms with Gasteiger partial charge in [-0.2, -0.15) is 0 Å². The Kier molecular flexibility index (Phi) is 5.10. The highest BCUT2D eigenvalue weighted by Gasteiger charge is 2.25. The van der Waals surface area contributed by atoms with Crippen molar-refractivity contribution in [2.24, 2.45) is 0 Å². The Morgan fingerprint density at radius 2 is 2.00 bits per heavy atom. The summed E-state index contributed by atoms with van der Waals surface area (Å²) in [4.78, 5) is 22.2. The zero-order valence-electron chi connectivity index (χ0n) is 11.7. The number of benzene rings is 1. The first-order valence-electron chi connectivity index (χ1n) is 5.93. The summed E-state index contributed by atoms with van der Waals surface area (Å²) in [5.74, 6) is -0.550. The molecule has 0 aliphatic rings. The molecule has 0 saturated carbocycles. The maximum atomic E-state index is 11.8. The lowest BCUT2D eigenvalue weighted by atomic mass is 10.2. The van der Waals surface area contributed by atoms with E-state index >= 15 is 0 Å². The Balaban J connectivity index is 2.88. The standard InChI is InChI=1S/C13H16BrNO5/c1-8(12(16)20-13(2,3)4)19-11-6-5-9(14)7-10(11)15(17)18/h5-8H,1-4H3. The zero-order chi connectivity index (χ0) is 15.5. The molecule has 0 radical (unpaired) electrons. The molecule has 0 fully saturated rings. The van der Waals surface area contributed by atoms with Gasteiger partial charge in [-0.3, -0.25) is 10.1 Å². The van der Waals surface area contributed by atoms with Gasteiger partial charge in [0, 0.05) is 10.5 Å². The van der Waals surface area contributed by atoms with Crippen molar-refractivity contribution in [2.75, 3.05) is 0 Å². The van der Waals surface area contributed by atoms with Gasteiger partial charge in [0.15, 0.2) is 11.9 Å². The molecule has 0 heterocycles. The smallest absolute Gasteiger partial charge is 0.347 e. The molecule has 1 aromatic carbocycles. The predicted octanol–water partition coefficient (Wildman–Crippen LogP) is 3.47. The lowest BCUT2D eigenvalue weighted by Crippen LogP contribution is -2.33. The molecule has 0 aliphatic heterocycles. The van der Waals surface area contributed by atoms with E-state index in [1.165, 1.54) is 19.1 Å².